The minimum atomic E-state index is -4.95. The van der Waals surface area contributed by atoms with Crippen LogP contribution in [0, 0.1) is 5.92 Å². The molecule has 0 aliphatic carbocycles. The van der Waals surface area contributed by atoms with Crippen LogP contribution >= 0.6 is 15.6 Å². The minimum Gasteiger partial charge on any atom is -0.462 e. The fraction of sp³-hybridized carbons (Fsp3) is 0.944. The molecule has 5 atom stereocenters. The molecule has 0 aromatic heterocycles. The van der Waals surface area contributed by atoms with Gasteiger partial charge in [-0.05, 0) is 31.6 Å². The van der Waals surface area contributed by atoms with Gasteiger partial charge in [-0.3, -0.25) is 37.3 Å². The van der Waals surface area contributed by atoms with Crippen molar-refractivity contribution in [3.05, 3.63) is 0 Å². The van der Waals surface area contributed by atoms with Gasteiger partial charge in [0.2, 0.25) is 0 Å². The lowest BCUT2D eigenvalue weighted by Gasteiger charge is -2.21. The van der Waals surface area contributed by atoms with Gasteiger partial charge >= 0.3 is 39.5 Å². The summed E-state index contributed by atoms with van der Waals surface area (Å²) in [6.45, 7) is 7.22. The molecule has 17 nitrogen and oxygen atoms in total. The Labute approximate surface area is 549 Å². The van der Waals surface area contributed by atoms with Crippen LogP contribution in [0.25, 0.3) is 0 Å². The number of hydrogen-bond acceptors (Lipinski definition) is 15. The van der Waals surface area contributed by atoms with Crippen molar-refractivity contribution in [3.8, 4) is 0 Å². The second kappa shape index (κ2) is 64.4. The first-order chi connectivity index (χ1) is 43.5. The largest absolute Gasteiger partial charge is 0.472 e. The number of esters is 4. The van der Waals surface area contributed by atoms with Crippen molar-refractivity contribution in [1.29, 1.82) is 0 Å². The zero-order valence-electron chi connectivity index (χ0n) is 58.3. The summed E-state index contributed by atoms with van der Waals surface area (Å²) < 4.78 is 68.2. The third kappa shape index (κ3) is 64.8. The molecule has 0 radical (unpaired) electrons. The molecule has 0 bridgehead atoms. The Hall–Kier alpha value is -1.94. The second-order valence-electron chi connectivity index (χ2n) is 26.1. The number of hydrogen-bond donors (Lipinski definition) is 3. The van der Waals surface area contributed by atoms with Gasteiger partial charge in [0, 0.05) is 25.7 Å². The highest BCUT2D eigenvalue weighted by molar-refractivity contribution is 7.47. The van der Waals surface area contributed by atoms with Gasteiger partial charge < -0.3 is 33.8 Å². The van der Waals surface area contributed by atoms with Crippen LogP contribution in [-0.4, -0.2) is 96.7 Å². The SMILES string of the molecule is CCCCCCCCCCCCCCCCCCCCC(=O)O[C@H](COC(=O)CCCCCCCCCCCCCC(C)C)COP(=O)(O)OC[C@@H](O)COP(=O)(O)OC[C@@H](COC(=O)CCCCCCCCC)OC(=O)CCCCCCCCCCCCC. The van der Waals surface area contributed by atoms with E-state index in [0.29, 0.717) is 25.7 Å². The third-order valence-corrected chi connectivity index (χ3v) is 18.4. The van der Waals surface area contributed by atoms with Crippen LogP contribution in [0.4, 0.5) is 0 Å². The molecule has 2 unspecified atom stereocenters. The number of aliphatic hydroxyl groups excluding tert-OH is 1. The molecule has 0 saturated carbocycles. The lowest BCUT2D eigenvalue weighted by atomic mass is 10.0. The van der Waals surface area contributed by atoms with Gasteiger partial charge in [-0.25, -0.2) is 9.13 Å². The number of phosphoric acid groups is 2. The molecular formula is C71H138O17P2. The predicted octanol–water partition coefficient (Wildman–Crippen LogP) is 20.5. The molecule has 0 aliphatic rings. The molecule has 19 heteroatoms. The maximum Gasteiger partial charge on any atom is 0.472 e. The number of carbonyl (C=O) groups is 4. The number of phosphoric ester groups is 2. The average Bonchev–Trinajstić information content (AvgIpc) is 3.26. The fourth-order valence-corrected chi connectivity index (χ4v) is 12.4. The van der Waals surface area contributed by atoms with Gasteiger partial charge in [-0.1, -0.05) is 317 Å². The average molecular weight is 1330 g/mol. The van der Waals surface area contributed by atoms with Crippen molar-refractivity contribution in [2.45, 2.75) is 387 Å². The Morgan fingerprint density at radius 2 is 0.511 bits per heavy atom. The Morgan fingerprint density at radius 1 is 0.300 bits per heavy atom. The number of unbranched alkanes of at least 4 members (excludes halogenated alkanes) is 43. The molecule has 0 fully saturated rings. The standard InChI is InChI=1S/C71H138O17P2/c1-6-9-12-15-18-20-22-23-24-25-26-27-28-32-37-42-47-52-57-71(76)88-67(61-82-69(74)55-50-45-40-35-33-29-31-34-39-43-48-53-64(4)5)63-86-90(79,80)84-59-65(72)58-83-89(77,78)85-62-66(60-81-68(73)54-49-44-38-17-14-11-8-3)87-70(75)56-51-46-41-36-30-21-19-16-13-10-7-2/h64-67,72H,6-63H2,1-5H3,(H,77,78)(H,79,80)/t65-,66+,67+/m0/s1. The second-order valence-corrected chi connectivity index (χ2v) is 29.0. The van der Waals surface area contributed by atoms with E-state index in [4.69, 9.17) is 37.0 Å². The monoisotopic (exact) mass is 1320 g/mol. The first-order valence-electron chi connectivity index (χ1n) is 37.1. The molecule has 0 amide bonds. The lowest BCUT2D eigenvalue weighted by Crippen LogP contribution is -2.30. The van der Waals surface area contributed by atoms with E-state index in [9.17, 15) is 43.2 Å². The normalized spacial score (nSPS) is 14.1. The summed E-state index contributed by atoms with van der Waals surface area (Å²) in [7, 11) is -9.89. The van der Waals surface area contributed by atoms with Gasteiger partial charge in [0.1, 0.15) is 19.3 Å². The molecule has 90 heavy (non-hydrogen) atoms. The highest BCUT2D eigenvalue weighted by atomic mass is 31.2. The summed E-state index contributed by atoms with van der Waals surface area (Å²) in [5.74, 6) is -1.35. The Morgan fingerprint density at radius 3 is 0.756 bits per heavy atom. The third-order valence-electron chi connectivity index (χ3n) is 16.5. The molecule has 0 saturated heterocycles. The van der Waals surface area contributed by atoms with Crippen molar-refractivity contribution in [1.82, 2.24) is 0 Å². The first-order valence-corrected chi connectivity index (χ1v) is 40.1. The number of aliphatic hydroxyl groups is 1. The maximum absolute atomic E-state index is 13.0. The highest BCUT2D eigenvalue weighted by Crippen LogP contribution is 2.45. The lowest BCUT2D eigenvalue weighted by molar-refractivity contribution is -0.161. The first kappa shape index (κ1) is 88.1. The van der Waals surface area contributed by atoms with E-state index in [-0.39, 0.29) is 25.7 Å². The van der Waals surface area contributed by atoms with Crippen LogP contribution in [-0.2, 0) is 65.4 Å². The van der Waals surface area contributed by atoms with Crippen LogP contribution in [0.5, 0.6) is 0 Å². The van der Waals surface area contributed by atoms with E-state index in [2.05, 4.69) is 34.6 Å². The summed E-state index contributed by atoms with van der Waals surface area (Å²) in [4.78, 5) is 72.4. The summed E-state index contributed by atoms with van der Waals surface area (Å²) in [5, 5.41) is 10.6. The topological polar surface area (TPSA) is 237 Å². The number of rotatable bonds is 71. The van der Waals surface area contributed by atoms with E-state index in [1.807, 2.05) is 0 Å². The Balaban J connectivity index is 5.19. The summed E-state index contributed by atoms with van der Waals surface area (Å²) in [5.41, 5.74) is 0. The van der Waals surface area contributed by atoms with Gasteiger partial charge in [-0.2, -0.15) is 0 Å². The van der Waals surface area contributed by atoms with Crippen LogP contribution < -0.4 is 0 Å². The van der Waals surface area contributed by atoms with E-state index in [0.717, 1.165) is 109 Å². The molecule has 0 rings (SSSR count). The van der Waals surface area contributed by atoms with E-state index >= 15 is 0 Å². The Kier molecular flexibility index (Phi) is 63.0. The predicted molar refractivity (Wildman–Crippen MR) is 363 cm³/mol. The van der Waals surface area contributed by atoms with Crippen LogP contribution in [0.3, 0.4) is 0 Å². The van der Waals surface area contributed by atoms with Crippen molar-refractivity contribution in [3.63, 3.8) is 0 Å². The van der Waals surface area contributed by atoms with E-state index < -0.39 is 97.5 Å². The molecule has 0 aromatic rings. The zero-order chi connectivity index (χ0) is 66.3. The van der Waals surface area contributed by atoms with E-state index in [1.165, 1.54) is 180 Å². The van der Waals surface area contributed by atoms with Crippen molar-refractivity contribution >= 4 is 39.5 Å². The number of carbonyl (C=O) groups excluding carboxylic acids is 4. The smallest absolute Gasteiger partial charge is 0.462 e. The summed E-state index contributed by atoms with van der Waals surface area (Å²) >= 11 is 0. The molecule has 0 spiro atoms. The van der Waals surface area contributed by atoms with Crippen LogP contribution in [0.2, 0.25) is 0 Å². The quantitative estimate of drug-likeness (QED) is 0.0222. The maximum atomic E-state index is 13.0. The van der Waals surface area contributed by atoms with Gasteiger partial charge in [0.15, 0.2) is 12.2 Å². The van der Waals surface area contributed by atoms with Crippen LogP contribution in [0.1, 0.15) is 369 Å². The van der Waals surface area contributed by atoms with Gasteiger partial charge in [0.25, 0.3) is 0 Å². The van der Waals surface area contributed by atoms with Crippen LogP contribution in [0.15, 0.2) is 0 Å². The van der Waals surface area contributed by atoms with Crippen molar-refractivity contribution < 1.29 is 80.2 Å². The number of ether oxygens (including phenoxy) is 4. The highest BCUT2D eigenvalue weighted by Gasteiger charge is 2.30. The summed E-state index contributed by atoms with van der Waals surface area (Å²) in [6, 6.07) is 0. The molecule has 0 aliphatic heterocycles. The van der Waals surface area contributed by atoms with Crippen molar-refractivity contribution in [2.24, 2.45) is 5.92 Å². The molecule has 3 N–H and O–H groups in total. The molecule has 534 valence electrons. The fourth-order valence-electron chi connectivity index (χ4n) is 10.8. The van der Waals surface area contributed by atoms with Crippen molar-refractivity contribution in [2.75, 3.05) is 39.6 Å². The molecular weight excluding hydrogens is 1190 g/mol. The van der Waals surface area contributed by atoms with E-state index in [1.54, 1.807) is 0 Å². The Bertz CT molecular complexity index is 1740. The zero-order valence-corrected chi connectivity index (χ0v) is 60.1. The molecule has 0 aromatic carbocycles. The van der Waals surface area contributed by atoms with Gasteiger partial charge in [-0.15, -0.1) is 0 Å². The summed E-state index contributed by atoms with van der Waals surface area (Å²) in [6.07, 6.45) is 51.4. The molecule has 0 heterocycles. The minimum absolute atomic E-state index is 0.107. The van der Waals surface area contributed by atoms with Gasteiger partial charge in [0.05, 0.1) is 26.4 Å².